The molecule has 0 atom stereocenters. The normalized spacial score (nSPS) is 10.9. The maximum absolute atomic E-state index is 12.3. The summed E-state index contributed by atoms with van der Waals surface area (Å²) >= 11 is 6.96. The van der Waals surface area contributed by atoms with E-state index in [1.807, 2.05) is 49.4 Å². The maximum Gasteiger partial charge on any atom is 0.277 e. The van der Waals surface area contributed by atoms with Gasteiger partial charge in [-0.15, -0.1) is 0 Å². The average molecular weight is 656 g/mol. The van der Waals surface area contributed by atoms with Gasteiger partial charge in [-0.25, -0.2) is 5.43 Å². The number of amides is 2. The predicted octanol–water partition coefficient (Wildman–Crippen LogP) is 5.62. The molecule has 0 saturated heterocycles. The topological polar surface area (TPSA) is 111 Å². The molecule has 0 aliphatic heterocycles. The second kappa shape index (κ2) is 13.2. The van der Waals surface area contributed by atoms with Crippen molar-refractivity contribution in [1.29, 1.82) is 0 Å². The molecular formula is C28H24Br2N4O5. The van der Waals surface area contributed by atoms with E-state index in [0.717, 1.165) is 15.4 Å². The summed E-state index contributed by atoms with van der Waals surface area (Å²) in [6, 6.07) is 18.1. The van der Waals surface area contributed by atoms with Crippen molar-refractivity contribution in [3.63, 3.8) is 0 Å². The number of benzene rings is 3. The maximum atomic E-state index is 12.3. The number of aromatic nitrogens is 1. The Hall–Kier alpha value is -3.96. The minimum absolute atomic E-state index is 0.187. The zero-order chi connectivity index (χ0) is 27.8. The van der Waals surface area contributed by atoms with Gasteiger partial charge in [-0.05, 0) is 70.9 Å². The Kier molecular flexibility index (Phi) is 9.50. The van der Waals surface area contributed by atoms with Gasteiger partial charge in [-0.3, -0.25) is 14.6 Å². The third-order valence-corrected chi connectivity index (χ3v) is 6.63. The fourth-order valence-corrected chi connectivity index (χ4v) is 4.88. The molecule has 2 N–H and O–H groups in total. The van der Waals surface area contributed by atoms with E-state index in [0.29, 0.717) is 38.5 Å². The second-order valence-corrected chi connectivity index (χ2v) is 9.97. The Morgan fingerprint density at radius 1 is 0.949 bits per heavy atom. The van der Waals surface area contributed by atoms with Crippen LogP contribution in [-0.4, -0.2) is 43.3 Å². The molecule has 0 fully saturated rings. The number of carbonyl (C=O) groups is 2. The zero-order valence-corrected chi connectivity index (χ0v) is 24.2. The van der Waals surface area contributed by atoms with Crippen molar-refractivity contribution in [2.24, 2.45) is 5.10 Å². The minimum atomic E-state index is -0.448. The fraction of sp³-hybridized carbons (Fsp3) is 0.143. The van der Waals surface area contributed by atoms with Gasteiger partial charge in [0.2, 0.25) is 0 Å². The number of carbonyl (C=O) groups excluding carboxylic acids is 2. The lowest BCUT2D eigenvalue weighted by Crippen LogP contribution is -2.24. The molecule has 4 rings (SSSR count). The lowest BCUT2D eigenvalue weighted by Gasteiger charge is -2.12. The molecule has 39 heavy (non-hydrogen) atoms. The number of pyridine rings is 1. The standard InChI is InChI=1S/C28H24Br2N4O5/c1-17-5-8-19(9-6-17)33-25(35)15-38-23-10-7-18(12-24(23)37-2)14-32-34-26(36)16-39-28-22(30)13-21(29)20-4-3-11-31-27(20)28/h3-14H,15-16H2,1-2H3,(H,33,35)(H,34,36)/b32-14-. The van der Waals surface area contributed by atoms with Crippen LogP contribution in [0.3, 0.4) is 0 Å². The first-order valence-corrected chi connectivity index (χ1v) is 13.3. The van der Waals surface area contributed by atoms with E-state index in [9.17, 15) is 9.59 Å². The van der Waals surface area contributed by atoms with E-state index in [2.05, 4.69) is 52.7 Å². The molecule has 0 aliphatic carbocycles. The van der Waals surface area contributed by atoms with Gasteiger partial charge in [0.05, 0.1) is 17.8 Å². The molecule has 11 heteroatoms. The smallest absolute Gasteiger partial charge is 0.277 e. The number of aryl methyl sites for hydroxylation is 1. The molecule has 1 heterocycles. The number of hydrazone groups is 1. The highest BCUT2D eigenvalue weighted by atomic mass is 79.9. The Bertz CT molecular complexity index is 1530. The quantitative estimate of drug-likeness (QED) is 0.169. The zero-order valence-electron chi connectivity index (χ0n) is 21.0. The summed E-state index contributed by atoms with van der Waals surface area (Å²) in [5.41, 5.74) is 5.50. The van der Waals surface area contributed by atoms with E-state index < -0.39 is 5.91 Å². The number of halogens is 2. The third-order valence-electron chi connectivity index (χ3n) is 5.38. The molecule has 1 aromatic heterocycles. The summed E-state index contributed by atoms with van der Waals surface area (Å²) in [6.45, 7) is 1.53. The summed E-state index contributed by atoms with van der Waals surface area (Å²) in [5.74, 6) is 0.524. The first-order valence-electron chi connectivity index (χ1n) is 11.7. The number of nitrogens with one attached hydrogen (secondary N) is 2. The molecule has 0 aliphatic rings. The van der Waals surface area contributed by atoms with Crippen molar-refractivity contribution in [2.75, 3.05) is 25.6 Å². The highest BCUT2D eigenvalue weighted by Gasteiger charge is 2.14. The van der Waals surface area contributed by atoms with Gasteiger partial charge in [-0.1, -0.05) is 39.7 Å². The van der Waals surface area contributed by atoms with Gasteiger partial charge in [0.1, 0.15) is 5.52 Å². The van der Waals surface area contributed by atoms with E-state index in [4.69, 9.17) is 14.2 Å². The number of methoxy groups -OCH3 is 1. The average Bonchev–Trinajstić information content (AvgIpc) is 2.93. The van der Waals surface area contributed by atoms with E-state index in [1.165, 1.54) is 13.3 Å². The van der Waals surface area contributed by atoms with Crippen LogP contribution in [0.25, 0.3) is 10.9 Å². The molecule has 0 bridgehead atoms. The lowest BCUT2D eigenvalue weighted by atomic mass is 10.2. The van der Waals surface area contributed by atoms with Crippen molar-refractivity contribution in [1.82, 2.24) is 10.4 Å². The van der Waals surface area contributed by atoms with Crippen LogP contribution in [0.4, 0.5) is 5.69 Å². The number of hydrogen-bond donors (Lipinski definition) is 2. The Morgan fingerprint density at radius 3 is 2.49 bits per heavy atom. The second-order valence-electron chi connectivity index (χ2n) is 8.26. The molecule has 3 aromatic carbocycles. The minimum Gasteiger partial charge on any atom is -0.493 e. The Labute approximate surface area is 241 Å². The summed E-state index contributed by atoms with van der Waals surface area (Å²) in [7, 11) is 1.49. The van der Waals surface area contributed by atoms with Crippen molar-refractivity contribution in [3.05, 3.63) is 86.9 Å². The summed E-state index contributed by atoms with van der Waals surface area (Å²) in [5, 5.41) is 7.63. The number of hydrogen-bond acceptors (Lipinski definition) is 7. The number of anilines is 1. The van der Waals surface area contributed by atoms with Crippen molar-refractivity contribution in [2.45, 2.75) is 6.92 Å². The lowest BCUT2D eigenvalue weighted by molar-refractivity contribution is -0.123. The fourth-order valence-electron chi connectivity index (χ4n) is 3.49. The first-order chi connectivity index (χ1) is 18.8. The number of rotatable bonds is 10. The molecule has 0 unspecified atom stereocenters. The van der Waals surface area contributed by atoms with Gasteiger partial charge in [0.15, 0.2) is 30.5 Å². The Morgan fingerprint density at radius 2 is 1.72 bits per heavy atom. The SMILES string of the molecule is COc1cc(/C=N\NC(=O)COc2c(Br)cc(Br)c3cccnc23)ccc1OCC(=O)Nc1ccc(C)cc1. The first kappa shape index (κ1) is 28.1. The van der Waals surface area contributed by atoms with Crippen LogP contribution in [0.2, 0.25) is 0 Å². The van der Waals surface area contributed by atoms with Crippen LogP contribution in [0.5, 0.6) is 17.2 Å². The largest absolute Gasteiger partial charge is 0.493 e. The van der Waals surface area contributed by atoms with Crippen LogP contribution in [0.15, 0.2) is 80.9 Å². The van der Waals surface area contributed by atoms with Crippen molar-refractivity contribution < 1.29 is 23.8 Å². The molecule has 0 radical (unpaired) electrons. The van der Waals surface area contributed by atoms with Crippen LogP contribution >= 0.6 is 31.9 Å². The molecule has 200 valence electrons. The monoisotopic (exact) mass is 654 g/mol. The summed E-state index contributed by atoms with van der Waals surface area (Å²) in [4.78, 5) is 28.9. The van der Waals surface area contributed by atoms with Crippen LogP contribution < -0.4 is 25.0 Å². The van der Waals surface area contributed by atoms with Gasteiger partial charge >= 0.3 is 0 Å². The molecule has 4 aromatic rings. The van der Waals surface area contributed by atoms with Gasteiger partial charge in [0.25, 0.3) is 11.8 Å². The van der Waals surface area contributed by atoms with Gasteiger partial charge in [-0.2, -0.15) is 5.10 Å². The van der Waals surface area contributed by atoms with E-state index >= 15 is 0 Å². The number of fused-ring (bicyclic) bond motifs is 1. The molecule has 9 nitrogen and oxygen atoms in total. The van der Waals surface area contributed by atoms with E-state index in [-0.39, 0.29) is 19.1 Å². The van der Waals surface area contributed by atoms with Crippen molar-refractivity contribution >= 4 is 66.5 Å². The summed E-state index contributed by atoms with van der Waals surface area (Å²) < 4.78 is 18.3. The number of ether oxygens (including phenoxy) is 3. The number of nitrogens with zero attached hydrogens (tertiary/aromatic N) is 2. The third kappa shape index (κ3) is 7.55. The molecule has 0 spiro atoms. The highest BCUT2D eigenvalue weighted by molar-refractivity contribution is 9.11. The van der Waals surface area contributed by atoms with Crippen LogP contribution in [0.1, 0.15) is 11.1 Å². The molecule has 2 amide bonds. The van der Waals surface area contributed by atoms with Crippen LogP contribution in [0, 0.1) is 6.92 Å². The summed E-state index contributed by atoms with van der Waals surface area (Å²) in [6.07, 6.45) is 3.12. The van der Waals surface area contributed by atoms with Gasteiger partial charge in [0, 0.05) is 21.7 Å². The van der Waals surface area contributed by atoms with Crippen molar-refractivity contribution in [3.8, 4) is 17.2 Å². The predicted molar refractivity (Wildman–Crippen MR) is 157 cm³/mol. The van der Waals surface area contributed by atoms with Crippen LogP contribution in [-0.2, 0) is 9.59 Å². The highest BCUT2D eigenvalue weighted by Crippen LogP contribution is 2.37. The Balaban J connectivity index is 1.30. The van der Waals surface area contributed by atoms with Gasteiger partial charge < -0.3 is 19.5 Å². The van der Waals surface area contributed by atoms with E-state index in [1.54, 1.807) is 24.4 Å². The molecule has 0 saturated carbocycles. The molecular weight excluding hydrogens is 632 g/mol.